The molecule has 0 atom stereocenters. The molecule has 0 saturated heterocycles. The van der Waals surface area contributed by atoms with Gasteiger partial charge < -0.3 is 11.5 Å². The Hall–Kier alpha value is -2.29. The van der Waals surface area contributed by atoms with E-state index in [9.17, 15) is 4.79 Å². The van der Waals surface area contributed by atoms with Gasteiger partial charge in [-0.3, -0.25) is 4.79 Å². The van der Waals surface area contributed by atoms with Crippen molar-refractivity contribution in [2.45, 2.75) is 26.7 Å². The Morgan fingerprint density at radius 3 is 1.60 bits per heavy atom. The summed E-state index contributed by atoms with van der Waals surface area (Å²) in [5.41, 5.74) is 16.6. The smallest absolute Gasteiger partial charge is 0.193 e. The van der Waals surface area contributed by atoms with Gasteiger partial charge >= 0.3 is 0 Å². The third kappa shape index (κ3) is 2.67. The monoisotopic (exact) mass is 268 g/mol. The average Bonchev–Trinajstić information content (AvgIpc) is 2.47. The molecule has 4 N–H and O–H groups in total. The Bertz CT molecular complexity index is 592. The van der Waals surface area contributed by atoms with Gasteiger partial charge in [-0.15, -0.1) is 0 Å². The van der Waals surface area contributed by atoms with Crippen LogP contribution in [0, 0.1) is 0 Å². The molecule has 2 rings (SSSR count). The van der Waals surface area contributed by atoms with E-state index in [1.807, 2.05) is 26.0 Å². The summed E-state index contributed by atoms with van der Waals surface area (Å²) >= 11 is 0. The van der Waals surface area contributed by atoms with E-state index >= 15 is 0 Å². The summed E-state index contributed by atoms with van der Waals surface area (Å²) in [4.78, 5) is 12.5. The molecule has 0 unspecified atom stereocenters. The first-order valence-corrected chi connectivity index (χ1v) is 6.88. The molecule has 3 heteroatoms. The lowest BCUT2D eigenvalue weighted by atomic mass is 9.97. The predicted molar refractivity (Wildman–Crippen MR) is 83.9 cm³/mol. The molecule has 2 aromatic rings. The highest BCUT2D eigenvalue weighted by Crippen LogP contribution is 2.20. The Morgan fingerprint density at radius 1 is 0.850 bits per heavy atom. The zero-order valence-corrected chi connectivity index (χ0v) is 11.9. The van der Waals surface area contributed by atoms with E-state index in [1.54, 1.807) is 24.3 Å². The van der Waals surface area contributed by atoms with E-state index in [2.05, 4.69) is 0 Å². The molecular formula is C17H20N2O. The second-order valence-corrected chi connectivity index (χ2v) is 4.86. The Morgan fingerprint density at radius 2 is 1.25 bits per heavy atom. The third-order valence-corrected chi connectivity index (χ3v) is 3.57. The van der Waals surface area contributed by atoms with Gasteiger partial charge in [0.2, 0.25) is 0 Å². The van der Waals surface area contributed by atoms with Gasteiger partial charge in [0.05, 0.1) is 0 Å². The summed E-state index contributed by atoms with van der Waals surface area (Å²) < 4.78 is 0. The van der Waals surface area contributed by atoms with Crippen molar-refractivity contribution in [1.82, 2.24) is 0 Å². The van der Waals surface area contributed by atoms with Gasteiger partial charge in [-0.05, 0) is 60.4 Å². The van der Waals surface area contributed by atoms with Crippen LogP contribution >= 0.6 is 0 Å². The number of nitrogen functional groups attached to an aromatic ring is 2. The first-order chi connectivity index (χ1) is 9.56. The maximum Gasteiger partial charge on any atom is 0.193 e. The highest BCUT2D eigenvalue weighted by molar-refractivity contribution is 6.09. The molecule has 0 spiro atoms. The quantitative estimate of drug-likeness (QED) is 0.661. The average molecular weight is 268 g/mol. The number of carbonyl (C=O) groups excluding carboxylic acids is 1. The topological polar surface area (TPSA) is 69.1 Å². The van der Waals surface area contributed by atoms with E-state index in [4.69, 9.17) is 11.5 Å². The van der Waals surface area contributed by atoms with Crippen molar-refractivity contribution in [2.24, 2.45) is 0 Å². The van der Waals surface area contributed by atoms with Gasteiger partial charge in [0.25, 0.3) is 0 Å². The molecule has 0 aliphatic rings. The Balaban J connectivity index is 2.41. The molecule has 2 aromatic carbocycles. The second-order valence-electron chi connectivity index (χ2n) is 4.86. The molecule has 0 radical (unpaired) electrons. The molecule has 0 saturated carbocycles. The first-order valence-electron chi connectivity index (χ1n) is 6.88. The van der Waals surface area contributed by atoms with Crippen molar-refractivity contribution in [3.05, 3.63) is 58.7 Å². The van der Waals surface area contributed by atoms with Gasteiger partial charge in [-0.2, -0.15) is 0 Å². The lowest BCUT2D eigenvalue weighted by molar-refractivity contribution is 0.103. The fourth-order valence-corrected chi connectivity index (χ4v) is 2.27. The zero-order valence-electron chi connectivity index (χ0n) is 11.9. The number of anilines is 2. The van der Waals surface area contributed by atoms with Crippen LogP contribution in [0.3, 0.4) is 0 Å². The number of nitrogens with two attached hydrogens (primary N) is 2. The standard InChI is InChI=1S/C17H20N2O/c1-3-11-9-13(5-7-15(11)18)17(20)14-6-8-16(19)12(4-2)10-14/h5-10H,3-4,18-19H2,1-2H3. The van der Waals surface area contributed by atoms with Crippen molar-refractivity contribution in [1.29, 1.82) is 0 Å². The van der Waals surface area contributed by atoms with Crippen molar-refractivity contribution >= 4 is 17.2 Å². The largest absolute Gasteiger partial charge is 0.399 e. The Labute approximate surface area is 119 Å². The molecule has 0 aliphatic heterocycles. The van der Waals surface area contributed by atoms with E-state index in [-0.39, 0.29) is 5.78 Å². The van der Waals surface area contributed by atoms with Gasteiger partial charge in [0.15, 0.2) is 5.78 Å². The number of hydrogen-bond donors (Lipinski definition) is 2. The van der Waals surface area contributed by atoms with Crippen LogP contribution in [0.5, 0.6) is 0 Å². The van der Waals surface area contributed by atoms with Crippen molar-refractivity contribution < 1.29 is 4.79 Å². The number of hydrogen-bond acceptors (Lipinski definition) is 3. The van der Waals surface area contributed by atoms with Crippen LogP contribution < -0.4 is 11.5 Å². The van der Waals surface area contributed by atoms with Crippen LogP contribution in [0.2, 0.25) is 0 Å². The minimum absolute atomic E-state index is 0.00870. The minimum Gasteiger partial charge on any atom is -0.399 e. The fraction of sp³-hybridized carbons (Fsp3) is 0.235. The van der Waals surface area contributed by atoms with Crippen LogP contribution in [0.15, 0.2) is 36.4 Å². The van der Waals surface area contributed by atoms with Crippen LogP contribution in [-0.2, 0) is 12.8 Å². The molecule has 0 aromatic heterocycles. The highest BCUT2D eigenvalue weighted by Gasteiger charge is 2.12. The SMILES string of the molecule is CCc1cc(C(=O)c2ccc(N)c(CC)c2)ccc1N. The number of ketones is 1. The molecule has 0 heterocycles. The van der Waals surface area contributed by atoms with E-state index in [1.165, 1.54) is 0 Å². The van der Waals surface area contributed by atoms with Gasteiger partial charge in [-0.1, -0.05) is 13.8 Å². The first kappa shape index (κ1) is 14.1. The van der Waals surface area contributed by atoms with Crippen LogP contribution in [0.25, 0.3) is 0 Å². The molecule has 0 bridgehead atoms. The third-order valence-electron chi connectivity index (χ3n) is 3.57. The maximum atomic E-state index is 12.5. The Kier molecular flexibility index (Phi) is 4.08. The summed E-state index contributed by atoms with van der Waals surface area (Å²) in [5, 5.41) is 0. The number of carbonyl (C=O) groups is 1. The lowest BCUT2D eigenvalue weighted by Crippen LogP contribution is -2.05. The number of rotatable bonds is 4. The summed E-state index contributed by atoms with van der Waals surface area (Å²) in [6.45, 7) is 4.05. The molecule has 0 fully saturated rings. The summed E-state index contributed by atoms with van der Waals surface area (Å²) in [6.07, 6.45) is 1.63. The summed E-state index contributed by atoms with van der Waals surface area (Å²) in [5.74, 6) is 0.00870. The molecule has 104 valence electrons. The summed E-state index contributed by atoms with van der Waals surface area (Å²) in [6, 6.07) is 10.9. The van der Waals surface area contributed by atoms with Crippen LogP contribution in [-0.4, -0.2) is 5.78 Å². The van der Waals surface area contributed by atoms with Crippen LogP contribution in [0.1, 0.15) is 40.9 Å². The summed E-state index contributed by atoms with van der Waals surface area (Å²) in [7, 11) is 0. The molecule has 20 heavy (non-hydrogen) atoms. The lowest BCUT2D eigenvalue weighted by Gasteiger charge is -2.09. The fourth-order valence-electron chi connectivity index (χ4n) is 2.27. The van der Waals surface area contributed by atoms with E-state index < -0.39 is 0 Å². The van der Waals surface area contributed by atoms with Gasteiger partial charge in [0.1, 0.15) is 0 Å². The molecule has 3 nitrogen and oxygen atoms in total. The minimum atomic E-state index is 0.00870. The number of aryl methyl sites for hydroxylation is 2. The zero-order chi connectivity index (χ0) is 14.7. The van der Waals surface area contributed by atoms with Gasteiger partial charge in [0, 0.05) is 22.5 Å². The van der Waals surface area contributed by atoms with Gasteiger partial charge in [-0.25, -0.2) is 0 Å². The second kappa shape index (κ2) is 5.78. The van der Waals surface area contributed by atoms with Crippen molar-refractivity contribution in [3.8, 4) is 0 Å². The number of benzene rings is 2. The normalized spacial score (nSPS) is 10.5. The van der Waals surface area contributed by atoms with Crippen molar-refractivity contribution in [2.75, 3.05) is 11.5 Å². The van der Waals surface area contributed by atoms with E-state index in [0.29, 0.717) is 11.1 Å². The molecule has 0 aliphatic carbocycles. The van der Waals surface area contributed by atoms with Crippen LogP contribution in [0.4, 0.5) is 11.4 Å². The maximum absolute atomic E-state index is 12.5. The predicted octanol–water partition coefficient (Wildman–Crippen LogP) is 3.21. The molecule has 0 amide bonds. The van der Waals surface area contributed by atoms with E-state index in [0.717, 1.165) is 35.3 Å². The highest BCUT2D eigenvalue weighted by atomic mass is 16.1. The van der Waals surface area contributed by atoms with Crippen molar-refractivity contribution in [3.63, 3.8) is 0 Å². The molecular weight excluding hydrogens is 248 g/mol.